The van der Waals surface area contributed by atoms with E-state index in [4.69, 9.17) is 0 Å². The van der Waals surface area contributed by atoms with Crippen molar-refractivity contribution < 1.29 is 0 Å². The monoisotopic (exact) mass is 305 g/mol. The number of hydrogen-bond donors (Lipinski definition) is 1. The lowest BCUT2D eigenvalue weighted by molar-refractivity contribution is 0.535. The molecule has 1 saturated carbocycles. The Morgan fingerprint density at radius 1 is 0.957 bits per heavy atom. The summed E-state index contributed by atoms with van der Waals surface area (Å²) in [6, 6.07) is 20.6. The molecule has 2 aromatic carbocycles. The van der Waals surface area contributed by atoms with Crippen molar-refractivity contribution in [1.82, 2.24) is 20.2 Å². The van der Waals surface area contributed by atoms with Crippen molar-refractivity contribution in [3.8, 4) is 5.69 Å². The van der Waals surface area contributed by atoms with Gasteiger partial charge in [-0.1, -0.05) is 53.6 Å². The molecule has 0 atom stereocenters. The second kappa shape index (κ2) is 5.83. The maximum atomic E-state index is 4.12. The van der Waals surface area contributed by atoms with Crippen molar-refractivity contribution in [3.63, 3.8) is 0 Å². The zero-order valence-electron chi connectivity index (χ0n) is 12.9. The molecular formula is C18H19N5. The summed E-state index contributed by atoms with van der Waals surface area (Å²) in [5.74, 6) is 0.704. The molecule has 1 fully saturated rings. The summed E-state index contributed by atoms with van der Waals surface area (Å²) in [5, 5.41) is 15.5. The molecule has 4 rings (SSSR count). The number of para-hydroxylation sites is 1. The maximum absolute atomic E-state index is 4.12. The largest absolute Gasteiger partial charge is 0.352 e. The molecular weight excluding hydrogens is 286 g/mol. The first-order valence-corrected chi connectivity index (χ1v) is 7.96. The van der Waals surface area contributed by atoms with Gasteiger partial charge in [-0.3, -0.25) is 0 Å². The van der Waals surface area contributed by atoms with E-state index in [0.29, 0.717) is 11.4 Å². The fourth-order valence-electron chi connectivity index (χ4n) is 2.93. The van der Waals surface area contributed by atoms with Crippen LogP contribution in [0.2, 0.25) is 0 Å². The average molecular weight is 305 g/mol. The normalized spacial score (nSPS) is 15.3. The summed E-state index contributed by atoms with van der Waals surface area (Å²) in [7, 11) is 0. The van der Waals surface area contributed by atoms with Gasteiger partial charge in [0.1, 0.15) is 0 Å². The van der Waals surface area contributed by atoms with Gasteiger partial charge >= 0.3 is 0 Å². The Morgan fingerprint density at radius 2 is 1.65 bits per heavy atom. The summed E-state index contributed by atoms with van der Waals surface area (Å²) in [6.07, 6.45) is 3.61. The van der Waals surface area contributed by atoms with Crippen LogP contribution >= 0.6 is 0 Å². The number of nitrogens with zero attached hydrogens (tertiary/aromatic N) is 4. The Hall–Kier alpha value is -2.69. The van der Waals surface area contributed by atoms with Crippen LogP contribution in [-0.4, -0.2) is 26.8 Å². The third-order valence-corrected chi connectivity index (χ3v) is 4.47. The van der Waals surface area contributed by atoms with Crippen molar-refractivity contribution in [2.24, 2.45) is 5.41 Å². The minimum absolute atomic E-state index is 0.342. The van der Waals surface area contributed by atoms with E-state index in [-0.39, 0.29) is 0 Å². The molecule has 1 aliphatic carbocycles. The van der Waals surface area contributed by atoms with Crippen molar-refractivity contribution in [3.05, 3.63) is 66.2 Å². The topological polar surface area (TPSA) is 55.6 Å². The van der Waals surface area contributed by atoms with Crippen molar-refractivity contribution >= 4 is 5.95 Å². The second-order valence-corrected chi connectivity index (χ2v) is 6.27. The first-order valence-electron chi connectivity index (χ1n) is 7.96. The molecule has 5 nitrogen and oxygen atoms in total. The minimum atomic E-state index is 0.342. The highest BCUT2D eigenvalue weighted by Gasteiger charge is 2.42. The molecule has 5 heteroatoms. The van der Waals surface area contributed by atoms with E-state index >= 15 is 0 Å². The lowest BCUT2D eigenvalue weighted by Crippen LogP contribution is -2.20. The molecule has 1 N–H and O–H groups in total. The quantitative estimate of drug-likeness (QED) is 0.760. The first-order chi connectivity index (χ1) is 11.3. The van der Waals surface area contributed by atoms with Gasteiger partial charge in [0.15, 0.2) is 0 Å². The van der Waals surface area contributed by atoms with E-state index in [1.165, 1.54) is 18.4 Å². The molecule has 23 heavy (non-hydrogen) atoms. The summed E-state index contributed by atoms with van der Waals surface area (Å²) < 4.78 is 1.75. The number of aromatic nitrogens is 4. The highest BCUT2D eigenvalue weighted by Crippen LogP contribution is 2.48. The molecule has 0 radical (unpaired) electrons. The molecule has 3 aromatic rings. The predicted octanol–water partition coefficient (Wildman–Crippen LogP) is 3.10. The molecule has 0 amide bonds. The van der Waals surface area contributed by atoms with E-state index in [0.717, 1.165) is 18.7 Å². The Morgan fingerprint density at radius 3 is 2.35 bits per heavy atom. The average Bonchev–Trinajstić information content (AvgIpc) is 3.20. The van der Waals surface area contributed by atoms with E-state index in [1.807, 2.05) is 30.3 Å². The number of nitrogens with one attached hydrogen (secondary N) is 1. The fraction of sp³-hybridized carbons (Fsp3) is 0.278. The number of anilines is 1. The summed E-state index contributed by atoms with van der Waals surface area (Å²) in [5.41, 5.74) is 2.71. The van der Waals surface area contributed by atoms with Crippen molar-refractivity contribution in [2.45, 2.75) is 19.3 Å². The van der Waals surface area contributed by atoms with Gasteiger partial charge in [-0.25, -0.2) is 0 Å². The van der Waals surface area contributed by atoms with Crippen LogP contribution in [0.4, 0.5) is 5.95 Å². The molecule has 1 heterocycles. The lowest BCUT2D eigenvalue weighted by Gasteiger charge is -2.16. The summed E-state index contributed by atoms with van der Waals surface area (Å²) >= 11 is 0. The smallest absolute Gasteiger partial charge is 0.247 e. The molecule has 0 unspecified atom stereocenters. The van der Waals surface area contributed by atoms with E-state index in [1.54, 1.807) is 4.68 Å². The van der Waals surface area contributed by atoms with Gasteiger partial charge in [-0.15, -0.1) is 0 Å². The Labute approximate surface area is 135 Å². The SMILES string of the molecule is c1ccc(CC2(CNc3nnnn3-c3ccccc3)CC2)cc1. The molecule has 116 valence electrons. The van der Waals surface area contributed by atoms with Crippen LogP contribution in [-0.2, 0) is 6.42 Å². The number of tetrazole rings is 1. The third-order valence-electron chi connectivity index (χ3n) is 4.47. The molecule has 1 aliphatic rings. The van der Waals surface area contributed by atoms with Gasteiger partial charge in [-0.2, -0.15) is 4.68 Å². The van der Waals surface area contributed by atoms with E-state index in [2.05, 4.69) is 51.2 Å². The maximum Gasteiger partial charge on any atom is 0.247 e. The van der Waals surface area contributed by atoms with Crippen LogP contribution in [0.1, 0.15) is 18.4 Å². The van der Waals surface area contributed by atoms with Crippen LogP contribution in [0, 0.1) is 5.41 Å². The van der Waals surface area contributed by atoms with E-state index in [9.17, 15) is 0 Å². The number of rotatable bonds is 6. The number of benzene rings is 2. The van der Waals surface area contributed by atoms with Gasteiger partial charge in [0.25, 0.3) is 0 Å². The van der Waals surface area contributed by atoms with Crippen molar-refractivity contribution in [2.75, 3.05) is 11.9 Å². The first kappa shape index (κ1) is 13.9. The molecule has 0 spiro atoms. The van der Waals surface area contributed by atoms with Crippen LogP contribution in [0.15, 0.2) is 60.7 Å². The van der Waals surface area contributed by atoms with Crippen LogP contribution < -0.4 is 5.32 Å². The standard InChI is InChI=1S/C18H19N5/c1-3-7-15(8-4-1)13-18(11-12-18)14-19-17-20-21-22-23(17)16-9-5-2-6-10-16/h1-10H,11-14H2,(H,19,20,22). The fourth-order valence-corrected chi connectivity index (χ4v) is 2.93. The molecule has 0 bridgehead atoms. The summed E-state index contributed by atoms with van der Waals surface area (Å²) in [6.45, 7) is 0.898. The van der Waals surface area contributed by atoms with Gasteiger partial charge in [0.2, 0.25) is 5.95 Å². The van der Waals surface area contributed by atoms with Crippen LogP contribution in [0.5, 0.6) is 0 Å². The highest BCUT2D eigenvalue weighted by atomic mass is 15.6. The van der Waals surface area contributed by atoms with Crippen LogP contribution in [0.3, 0.4) is 0 Å². The lowest BCUT2D eigenvalue weighted by atomic mass is 9.96. The van der Waals surface area contributed by atoms with E-state index < -0.39 is 0 Å². The van der Waals surface area contributed by atoms with Gasteiger partial charge in [0.05, 0.1) is 5.69 Å². The van der Waals surface area contributed by atoms with Gasteiger partial charge < -0.3 is 5.32 Å². The molecule has 1 aromatic heterocycles. The predicted molar refractivity (Wildman–Crippen MR) is 89.5 cm³/mol. The highest BCUT2D eigenvalue weighted by molar-refractivity contribution is 5.38. The number of hydrogen-bond acceptors (Lipinski definition) is 4. The summed E-state index contributed by atoms with van der Waals surface area (Å²) in [4.78, 5) is 0. The molecule has 0 aliphatic heterocycles. The van der Waals surface area contributed by atoms with Crippen molar-refractivity contribution in [1.29, 1.82) is 0 Å². The Balaban J connectivity index is 1.45. The Bertz CT molecular complexity index is 762. The van der Waals surface area contributed by atoms with Gasteiger partial charge in [0, 0.05) is 6.54 Å². The van der Waals surface area contributed by atoms with Gasteiger partial charge in [-0.05, 0) is 52.8 Å². The zero-order valence-corrected chi connectivity index (χ0v) is 12.9. The second-order valence-electron chi connectivity index (χ2n) is 6.27. The van der Waals surface area contributed by atoms with Crippen LogP contribution in [0.25, 0.3) is 5.69 Å². The minimum Gasteiger partial charge on any atom is -0.352 e. The molecule has 0 saturated heterocycles. The zero-order chi connectivity index (χ0) is 15.5. The Kier molecular flexibility index (Phi) is 3.54. The third kappa shape index (κ3) is 3.08.